The highest BCUT2D eigenvalue weighted by molar-refractivity contribution is 7.10. The lowest BCUT2D eigenvalue weighted by molar-refractivity contribution is 0.495. The Labute approximate surface area is 105 Å². The van der Waals surface area contributed by atoms with Crippen LogP contribution in [-0.4, -0.2) is 4.98 Å². The molecule has 0 saturated heterocycles. The van der Waals surface area contributed by atoms with Crippen molar-refractivity contribution in [2.75, 3.05) is 0 Å². The van der Waals surface area contributed by atoms with Gasteiger partial charge in [0.25, 0.3) is 0 Å². The van der Waals surface area contributed by atoms with Crippen molar-refractivity contribution in [1.29, 1.82) is 0 Å². The van der Waals surface area contributed by atoms with E-state index in [-0.39, 0.29) is 17.9 Å². The molecule has 2 rings (SSSR count). The van der Waals surface area contributed by atoms with Crippen LogP contribution in [0.3, 0.4) is 0 Å². The van der Waals surface area contributed by atoms with E-state index in [1.165, 1.54) is 17.1 Å². The molecule has 2 aromatic rings. The van der Waals surface area contributed by atoms with Crippen molar-refractivity contribution in [3.63, 3.8) is 0 Å². The molecule has 2 aromatic heterocycles. The number of thiophene rings is 1. The molecule has 0 aliphatic heterocycles. The highest BCUT2D eigenvalue weighted by Crippen LogP contribution is 2.22. The standard InChI is InChI=1S/C13H15FN2S/c1-9(11-6-12(14)8-15-7-11)16-10(2)13-4-3-5-17-13/h3-10,16H,1-2H3. The van der Waals surface area contributed by atoms with Gasteiger partial charge in [0.2, 0.25) is 0 Å². The molecule has 2 atom stereocenters. The lowest BCUT2D eigenvalue weighted by atomic mass is 10.1. The Morgan fingerprint density at radius 1 is 1.29 bits per heavy atom. The summed E-state index contributed by atoms with van der Waals surface area (Å²) in [6.45, 7) is 4.12. The number of hydrogen-bond donors (Lipinski definition) is 1. The minimum Gasteiger partial charge on any atom is -0.303 e. The smallest absolute Gasteiger partial charge is 0.141 e. The van der Waals surface area contributed by atoms with Gasteiger partial charge in [0.1, 0.15) is 5.82 Å². The lowest BCUT2D eigenvalue weighted by Crippen LogP contribution is -2.22. The average molecular weight is 250 g/mol. The molecule has 0 aliphatic rings. The van der Waals surface area contributed by atoms with Crippen LogP contribution in [-0.2, 0) is 0 Å². The van der Waals surface area contributed by atoms with Crippen molar-refractivity contribution in [2.24, 2.45) is 0 Å². The molecule has 2 heterocycles. The van der Waals surface area contributed by atoms with Crippen LogP contribution in [0.1, 0.15) is 36.4 Å². The minimum atomic E-state index is -0.292. The van der Waals surface area contributed by atoms with Crippen LogP contribution in [0.15, 0.2) is 36.0 Å². The monoisotopic (exact) mass is 250 g/mol. The fraction of sp³-hybridized carbons (Fsp3) is 0.308. The Morgan fingerprint density at radius 3 is 2.76 bits per heavy atom. The predicted molar refractivity (Wildman–Crippen MR) is 68.5 cm³/mol. The highest BCUT2D eigenvalue weighted by atomic mass is 32.1. The molecule has 4 heteroatoms. The van der Waals surface area contributed by atoms with Crippen LogP contribution in [0, 0.1) is 5.82 Å². The quantitative estimate of drug-likeness (QED) is 0.895. The number of hydrogen-bond acceptors (Lipinski definition) is 3. The topological polar surface area (TPSA) is 24.9 Å². The van der Waals surface area contributed by atoms with Gasteiger partial charge in [-0.05, 0) is 36.9 Å². The molecule has 90 valence electrons. The van der Waals surface area contributed by atoms with E-state index in [0.29, 0.717) is 0 Å². The van der Waals surface area contributed by atoms with Gasteiger partial charge < -0.3 is 5.32 Å². The number of pyridine rings is 1. The molecule has 0 fully saturated rings. The van der Waals surface area contributed by atoms with Crippen molar-refractivity contribution in [3.05, 3.63) is 52.2 Å². The zero-order chi connectivity index (χ0) is 12.3. The van der Waals surface area contributed by atoms with Crippen LogP contribution in [0.4, 0.5) is 4.39 Å². The summed E-state index contributed by atoms with van der Waals surface area (Å²) in [5, 5.41) is 5.49. The van der Waals surface area contributed by atoms with Crippen LogP contribution >= 0.6 is 11.3 Å². The summed E-state index contributed by atoms with van der Waals surface area (Å²) in [4.78, 5) is 5.14. The van der Waals surface area contributed by atoms with Crippen LogP contribution in [0.25, 0.3) is 0 Å². The minimum absolute atomic E-state index is 0.0790. The molecule has 1 N–H and O–H groups in total. The molecule has 0 saturated carbocycles. The second kappa shape index (κ2) is 5.38. The largest absolute Gasteiger partial charge is 0.303 e. The van der Waals surface area contributed by atoms with Crippen molar-refractivity contribution in [1.82, 2.24) is 10.3 Å². The van der Waals surface area contributed by atoms with E-state index in [1.54, 1.807) is 17.5 Å². The summed E-state index contributed by atoms with van der Waals surface area (Å²) in [5.41, 5.74) is 0.869. The Morgan fingerprint density at radius 2 is 2.12 bits per heavy atom. The third-order valence-corrected chi connectivity index (χ3v) is 3.75. The first kappa shape index (κ1) is 12.2. The molecule has 0 aliphatic carbocycles. The maximum Gasteiger partial charge on any atom is 0.141 e. The Bertz CT molecular complexity index is 470. The molecule has 0 radical (unpaired) electrons. The van der Waals surface area contributed by atoms with Crippen molar-refractivity contribution >= 4 is 11.3 Å². The number of nitrogens with zero attached hydrogens (tertiary/aromatic N) is 1. The van der Waals surface area contributed by atoms with Crippen LogP contribution in [0.5, 0.6) is 0 Å². The number of aromatic nitrogens is 1. The Kier molecular flexibility index (Phi) is 3.86. The summed E-state index contributed by atoms with van der Waals surface area (Å²) < 4.78 is 13.1. The summed E-state index contributed by atoms with van der Waals surface area (Å²) in [5.74, 6) is -0.292. The van der Waals surface area contributed by atoms with Crippen LogP contribution in [0.2, 0.25) is 0 Å². The molecular weight excluding hydrogens is 235 g/mol. The Hall–Kier alpha value is -1.26. The van der Waals surface area contributed by atoms with Gasteiger partial charge in [0.15, 0.2) is 0 Å². The first-order chi connectivity index (χ1) is 8.16. The second-order valence-electron chi connectivity index (χ2n) is 4.06. The summed E-state index contributed by atoms with van der Waals surface area (Å²) in [6, 6.07) is 5.99. The van der Waals surface area contributed by atoms with E-state index < -0.39 is 0 Å². The molecule has 2 nitrogen and oxygen atoms in total. The highest BCUT2D eigenvalue weighted by Gasteiger charge is 2.12. The van der Waals surface area contributed by atoms with Crippen molar-refractivity contribution in [3.8, 4) is 0 Å². The second-order valence-corrected chi connectivity index (χ2v) is 5.04. The maximum absolute atomic E-state index is 13.1. The van der Waals surface area contributed by atoms with Gasteiger partial charge in [0, 0.05) is 23.2 Å². The van der Waals surface area contributed by atoms with E-state index in [4.69, 9.17) is 0 Å². The molecule has 2 unspecified atom stereocenters. The van der Waals surface area contributed by atoms with Crippen molar-refractivity contribution in [2.45, 2.75) is 25.9 Å². The van der Waals surface area contributed by atoms with Gasteiger partial charge in [-0.1, -0.05) is 6.07 Å². The number of nitrogens with one attached hydrogen (secondary N) is 1. The van der Waals surface area contributed by atoms with Gasteiger partial charge in [-0.25, -0.2) is 4.39 Å². The van der Waals surface area contributed by atoms with E-state index in [1.807, 2.05) is 13.0 Å². The third-order valence-electron chi connectivity index (χ3n) is 2.70. The van der Waals surface area contributed by atoms with Gasteiger partial charge in [-0.15, -0.1) is 11.3 Å². The molecule has 17 heavy (non-hydrogen) atoms. The molecule has 0 spiro atoms. The lowest BCUT2D eigenvalue weighted by Gasteiger charge is -2.19. The summed E-state index contributed by atoms with van der Waals surface area (Å²) in [6.07, 6.45) is 2.92. The van der Waals surface area contributed by atoms with Gasteiger partial charge in [0.05, 0.1) is 6.20 Å². The molecule has 0 aromatic carbocycles. The fourth-order valence-electron chi connectivity index (χ4n) is 1.76. The zero-order valence-corrected chi connectivity index (χ0v) is 10.7. The van der Waals surface area contributed by atoms with E-state index in [0.717, 1.165) is 5.56 Å². The van der Waals surface area contributed by atoms with Gasteiger partial charge in [-0.3, -0.25) is 4.98 Å². The predicted octanol–water partition coefficient (Wildman–Crippen LogP) is 3.69. The van der Waals surface area contributed by atoms with E-state index in [9.17, 15) is 4.39 Å². The SMILES string of the molecule is CC(NC(C)c1cccs1)c1cncc(F)c1. The normalized spacial score (nSPS) is 14.5. The number of halogens is 1. The molecule has 0 amide bonds. The Balaban J connectivity index is 2.04. The molecule has 0 bridgehead atoms. The van der Waals surface area contributed by atoms with Gasteiger partial charge >= 0.3 is 0 Å². The van der Waals surface area contributed by atoms with Crippen LogP contribution < -0.4 is 5.32 Å². The zero-order valence-electron chi connectivity index (χ0n) is 9.85. The first-order valence-electron chi connectivity index (χ1n) is 5.56. The number of rotatable bonds is 4. The van der Waals surface area contributed by atoms with Crippen molar-refractivity contribution < 1.29 is 4.39 Å². The summed E-state index contributed by atoms with van der Waals surface area (Å²) in [7, 11) is 0. The van der Waals surface area contributed by atoms with E-state index >= 15 is 0 Å². The summed E-state index contributed by atoms with van der Waals surface area (Å²) >= 11 is 1.72. The average Bonchev–Trinajstić information content (AvgIpc) is 2.82. The maximum atomic E-state index is 13.1. The third kappa shape index (κ3) is 3.11. The first-order valence-corrected chi connectivity index (χ1v) is 6.44. The fourth-order valence-corrected chi connectivity index (χ4v) is 2.50. The van der Waals surface area contributed by atoms with E-state index in [2.05, 4.69) is 28.7 Å². The van der Waals surface area contributed by atoms with Gasteiger partial charge in [-0.2, -0.15) is 0 Å². The molecular formula is C13H15FN2S.